The minimum absolute atomic E-state index is 0.00338. The molecule has 0 aliphatic heterocycles. The van der Waals surface area contributed by atoms with Gasteiger partial charge >= 0.3 is 0 Å². The lowest BCUT2D eigenvalue weighted by molar-refractivity contribution is -0.112. The van der Waals surface area contributed by atoms with Crippen molar-refractivity contribution < 1.29 is 14.3 Å². The van der Waals surface area contributed by atoms with Crippen LogP contribution < -0.4 is 14.8 Å². The van der Waals surface area contributed by atoms with Crippen LogP contribution in [0.5, 0.6) is 11.5 Å². The maximum absolute atomic E-state index is 12.6. The number of hydrogen-bond donors (Lipinski definition) is 1. The molecule has 0 spiro atoms. The number of para-hydroxylation sites is 1. The maximum Gasteiger partial charge on any atom is 0.266 e. The largest absolute Gasteiger partial charge is 0.490 e. The molecule has 5 heteroatoms. The smallest absolute Gasteiger partial charge is 0.266 e. The Bertz CT molecular complexity index is 1420. The van der Waals surface area contributed by atoms with E-state index in [2.05, 4.69) is 36.5 Å². The third-order valence-electron chi connectivity index (χ3n) is 5.62. The van der Waals surface area contributed by atoms with E-state index in [1.54, 1.807) is 36.4 Å². The highest BCUT2D eigenvalue weighted by molar-refractivity contribution is 6.09. The average molecular weight is 463 g/mol. The van der Waals surface area contributed by atoms with E-state index in [9.17, 15) is 10.1 Å². The molecule has 174 valence electrons. The summed E-state index contributed by atoms with van der Waals surface area (Å²) in [5.41, 5.74) is 3.57. The average Bonchev–Trinajstić information content (AvgIpc) is 2.88. The highest BCUT2D eigenvalue weighted by Crippen LogP contribution is 2.31. The molecule has 1 amide bonds. The number of carbonyl (C=O) groups is 1. The Kier molecular flexibility index (Phi) is 7.44. The highest BCUT2D eigenvalue weighted by Gasteiger charge is 2.13. The first-order chi connectivity index (χ1) is 17.1. The molecule has 0 saturated heterocycles. The van der Waals surface area contributed by atoms with Crippen molar-refractivity contribution in [2.75, 3.05) is 11.9 Å². The standard InChI is InChI=1S/C30H26N2O3/c1-3-34-29-18-22(17-24(19-31)30(33)32-25-10-5-4-6-11-25)14-16-28(29)35-20-27-21(2)13-15-23-9-7-8-12-26(23)27/h4-18H,3,20H2,1-2H3,(H,32,33)/b24-17+. The van der Waals surface area contributed by atoms with Gasteiger partial charge in [0.05, 0.1) is 6.61 Å². The molecule has 0 atom stereocenters. The quantitative estimate of drug-likeness (QED) is 0.234. The fraction of sp³-hybridized carbons (Fsp3) is 0.133. The van der Waals surface area contributed by atoms with Gasteiger partial charge < -0.3 is 14.8 Å². The lowest BCUT2D eigenvalue weighted by atomic mass is 10.0. The molecule has 0 aliphatic rings. The van der Waals surface area contributed by atoms with Crippen molar-refractivity contribution in [2.45, 2.75) is 20.5 Å². The fourth-order valence-electron chi connectivity index (χ4n) is 3.82. The summed E-state index contributed by atoms with van der Waals surface area (Å²) in [5, 5.41) is 14.6. The van der Waals surface area contributed by atoms with Gasteiger partial charge in [0.1, 0.15) is 18.2 Å². The number of hydrogen-bond acceptors (Lipinski definition) is 4. The fourth-order valence-corrected chi connectivity index (χ4v) is 3.82. The van der Waals surface area contributed by atoms with Gasteiger partial charge in [0, 0.05) is 11.3 Å². The molecule has 0 unspecified atom stereocenters. The van der Waals surface area contributed by atoms with Gasteiger partial charge in [-0.1, -0.05) is 60.7 Å². The zero-order valence-corrected chi connectivity index (χ0v) is 19.7. The van der Waals surface area contributed by atoms with E-state index in [1.165, 1.54) is 5.39 Å². The summed E-state index contributed by atoms with van der Waals surface area (Å²) in [6.45, 7) is 4.82. The van der Waals surface area contributed by atoms with E-state index in [1.807, 2.05) is 43.3 Å². The van der Waals surface area contributed by atoms with Crippen molar-refractivity contribution >= 4 is 28.4 Å². The normalized spacial score (nSPS) is 11.1. The van der Waals surface area contributed by atoms with Gasteiger partial charge in [-0.05, 0) is 66.1 Å². The van der Waals surface area contributed by atoms with Crippen LogP contribution >= 0.6 is 0 Å². The van der Waals surface area contributed by atoms with Gasteiger partial charge in [-0.2, -0.15) is 5.26 Å². The van der Waals surface area contributed by atoms with E-state index >= 15 is 0 Å². The number of nitrogens with zero attached hydrogens (tertiary/aromatic N) is 1. The van der Waals surface area contributed by atoms with Gasteiger partial charge in [-0.15, -0.1) is 0 Å². The Labute approximate surface area is 205 Å². The number of nitrogens with one attached hydrogen (secondary N) is 1. The summed E-state index contributed by atoms with van der Waals surface area (Å²) in [6, 6.07) is 28.9. The molecule has 0 saturated carbocycles. The van der Waals surface area contributed by atoms with Gasteiger partial charge in [-0.25, -0.2) is 0 Å². The maximum atomic E-state index is 12.6. The first kappa shape index (κ1) is 23.6. The van der Waals surface area contributed by atoms with Crippen molar-refractivity contribution in [3.8, 4) is 17.6 Å². The Balaban J connectivity index is 1.57. The molecule has 0 fully saturated rings. The predicted octanol–water partition coefficient (Wildman–Crippen LogP) is 6.67. The topological polar surface area (TPSA) is 71.3 Å². The second kappa shape index (κ2) is 11.0. The van der Waals surface area contributed by atoms with Crippen LogP contribution in [0.3, 0.4) is 0 Å². The number of nitriles is 1. The molecule has 4 rings (SSSR count). The first-order valence-corrected chi connectivity index (χ1v) is 11.4. The van der Waals surface area contributed by atoms with Crippen LogP contribution in [0.25, 0.3) is 16.8 Å². The van der Waals surface area contributed by atoms with E-state index in [0.717, 1.165) is 16.5 Å². The van der Waals surface area contributed by atoms with Crippen LogP contribution in [0, 0.1) is 18.3 Å². The Morgan fingerprint density at radius 3 is 2.49 bits per heavy atom. The minimum atomic E-state index is -0.469. The van der Waals surface area contributed by atoms with Crippen molar-refractivity contribution in [3.05, 3.63) is 107 Å². The van der Waals surface area contributed by atoms with Gasteiger partial charge in [-0.3, -0.25) is 4.79 Å². The number of anilines is 1. The van der Waals surface area contributed by atoms with Gasteiger partial charge in [0.2, 0.25) is 0 Å². The molecular weight excluding hydrogens is 436 g/mol. The first-order valence-electron chi connectivity index (χ1n) is 11.4. The third kappa shape index (κ3) is 5.69. The second-order valence-electron chi connectivity index (χ2n) is 8.00. The van der Waals surface area contributed by atoms with Crippen LogP contribution in [0.1, 0.15) is 23.6 Å². The molecule has 5 nitrogen and oxygen atoms in total. The zero-order chi connectivity index (χ0) is 24.6. The van der Waals surface area contributed by atoms with Gasteiger partial charge in [0.25, 0.3) is 5.91 Å². The summed E-state index contributed by atoms with van der Waals surface area (Å²) < 4.78 is 12.0. The van der Waals surface area contributed by atoms with Crippen LogP contribution in [-0.4, -0.2) is 12.5 Å². The Morgan fingerprint density at radius 2 is 1.71 bits per heavy atom. The molecule has 1 N–H and O–H groups in total. The third-order valence-corrected chi connectivity index (χ3v) is 5.62. The molecule has 4 aromatic rings. The zero-order valence-electron chi connectivity index (χ0n) is 19.7. The summed E-state index contributed by atoms with van der Waals surface area (Å²) in [7, 11) is 0. The monoisotopic (exact) mass is 462 g/mol. The SMILES string of the molecule is CCOc1cc(/C=C(\C#N)C(=O)Nc2ccccc2)ccc1OCc1c(C)ccc2ccccc12. The molecule has 0 bridgehead atoms. The highest BCUT2D eigenvalue weighted by atomic mass is 16.5. The lowest BCUT2D eigenvalue weighted by Crippen LogP contribution is -2.13. The number of amides is 1. The molecule has 35 heavy (non-hydrogen) atoms. The summed E-state index contributed by atoms with van der Waals surface area (Å²) in [6.07, 6.45) is 1.54. The summed E-state index contributed by atoms with van der Waals surface area (Å²) in [5.74, 6) is 0.687. The lowest BCUT2D eigenvalue weighted by Gasteiger charge is -2.15. The molecule has 0 aliphatic carbocycles. The second-order valence-corrected chi connectivity index (χ2v) is 8.00. The number of fused-ring (bicyclic) bond motifs is 1. The van der Waals surface area contributed by atoms with Crippen LogP contribution in [-0.2, 0) is 11.4 Å². The Morgan fingerprint density at radius 1 is 0.943 bits per heavy atom. The number of benzene rings is 4. The van der Waals surface area contributed by atoms with Crippen molar-refractivity contribution in [3.63, 3.8) is 0 Å². The van der Waals surface area contributed by atoms with E-state index in [-0.39, 0.29) is 5.57 Å². The molecule has 0 radical (unpaired) electrons. The predicted molar refractivity (Wildman–Crippen MR) is 139 cm³/mol. The van der Waals surface area contributed by atoms with Crippen molar-refractivity contribution in [1.82, 2.24) is 0 Å². The number of aryl methyl sites for hydroxylation is 1. The van der Waals surface area contributed by atoms with E-state index in [4.69, 9.17) is 9.47 Å². The van der Waals surface area contributed by atoms with Crippen molar-refractivity contribution in [2.24, 2.45) is 0 Å². The van der Waals surface area contributed by atoms with Crippen LogP contribution in [0.4, 0.5) is 5.69 Å². The number of ether oxygens (including phenoxy) is 2. The molecule has 4 aromatic carbocycles. The molecular formula is C30H26N2O3. The summed E-state index contributed by atoms with van der Waals surface area (Å²) in [4.78, 5) is 12.6. The number of carbonyl (C=O) groups excluding carboxylic acids is 1. The van der Waals surface area contributed by atoms with E-state index in [0.29, 0.717) is 36.0 Å². The van der Waals surface area contributed by atoms with Gasteiger partial charge in [0.15, 0.2) is 11.5 Å². The van der Waals surface area contributed by atoms with Crippen LogP contribution in [0.2, 0.25) is 0 Å². The van der Waals surface area contributed by atoms with Crippen LogP contribution in [0.15, 0.2) is 90.5 Å². The molecule has 0 aromatic heterocycles. The van der Waals surface area contributed by atoms with E-state index < -0.39 is 5.91 Å². The molecule has 0 heterocycles. The Hall–Kier alpha value is -4.56. The summed E-state index contributed by atoms with van der Waals surface area (Å²) >= 11 is 0. The van der Waals surface area contributed by atoms with Crippen molar-refractivity contribution in [1.29, 1.82) is 5.26 Å². The number of rotatable bonds is 8. The minimum Gasteiger partial charge on any atom is -0.490 e.